The van der Waals surface area contributed by atoms with Gasteiger partial charge in [0.2, 0.25) is 12.3 Å². The van der Waals surface area contributed by atoms with Crippen LogP contribution in [0.3, 0.4) is 0 Å². The van der Waals surface area contributed by atoms with Crippen LogP contribution in [-0.4, -0.2) is 63.7 Å². The van der Waals surface area contributed by atoms with Gasteiger partial charge in [-0.1, -0.05) is 40.0 Å². The summed E-state index contributed by atoms with van der Waals surface area (Å²) >= 11 is 0. The number of nitrogens with one attached hydrogen (secondary N) is 2. The summed E-state index contributed by atoms with van der Waals surface area (Å²) in [5.74, 6) is 1.90. The Hall–Kier alpha value is -4.13. The molecule has 3 aliphatic rings. The van der Waals surface area contributed by atoms with Crippen LogP contribution >= 0.6 is 0 Å². The second kappa shape index (κ2) is 12.6. The van der Waals surface area contributed by atoms with Crippen molar-refractivity contribution in [2.24, 2.45) is 30.2 Å². The SMILES string of the molecule is C#Cc1nn(C)c2cncc(C(C#N)NC=O)c12.CC1(C)[C@@H]2CN(C(=O)CNC(=O)C(F)(F)F)C[C@@H]21.CC1CCC1. The zero-order valence-corrected chi connectivity index (χ0v) is 23.5. The molecule has 2 aromatic heterocycles. The fourth-order valence-electron chi connectivity index (χ4n) is 5.12. The molecule has 2 aliphatic carbocycles. The normalized spacial score (nSPS) is 20.9. The monoisotopic (exact) mass is 573 g/mol. The van der Waals surface area contributed by atoms with Crippen molar-refractivity contribution in [3.8, 4) is 18.4 Å². The summed E-state index contributed by atoms with van der Waals surface area (Å²) in [6.07, 6.45) is 8.51. The van der Waals surface area contributed by atoms with E-state index in [-0.39, 0.29) is 5.41 Å². The molecule has 2 saturated carbocycles. The number of likely N-dealkylation sites (tertiary alicyclic amines) is 1. The number of piperidine rings is 1. The van der Waals surface area contributed by atoms with Crippen molar-refractivity contribution < 1.29 is 27.6 Å². The van der Waals surface area contributed by atoms with Crippen LogP contribution in [0.4, 0.5) is 13.2 Å². The third kappa shape index (κ3) is 7.15. The van der Waals surface area contributed by atoms with Gasteiger partial charge < -0.3 is 15.5 Å². The Morgan fingerprint density at radius 3 is 2.34 bits per heavy atom. The lowest BCUT2D eigenvalue weighted by Crippen LogP contribution is -2.44. The van der Waals surface area contributed by atoms with Gasteiger partial charge in [-0.3, -0.25) is 24.0 Å². The maximum Gasteiger partial charge on any atom is 0.471 e. The highest BCUT2D eigenvalue weighted by Gasteiger charge is 2.62. The number of carbonyl (C=O) groups excluding carboxylic acids is 3. The van der Waals surface area contributed by atoms with E-state index >= 15 is 0 Å². The number of carbonyl (C=O) groups is 3. The molecule has 0 spiro atoms. The van der Waals surface area contributed by atoms with Crippen LogP contribution in [0.1, 0.15) is 57.3 Å². The summed E-state index contributed by atoms with van der Waals surface area (Å²) in [4.78, 5) is 38.2. The van der Waals surface area contributed by atoms with Crippen LogP contribution in [0.2, 0.25) is 0 Å². The Morgan fingerprint density at radius 2 is 1.88 bits per heavy atom. The Morgan fingerprint density at radius 1 is 1.27 bits per heavy atom. The van der Waals surface area contributed by atoms with Gasteiger partial charge in [-0.25, -0.2) is 0 Å². The van der Waals surface area contributed by atoms with Crippen molar-refractivity contribution in [3.63, 3.8) is 0 Å². The topological polar surface area (TPSA) is 133 Å². The highest BCUT2D eigenvalue weighted by molar-refractivity contribution is 5.88. The second-order valence-corrected chi connectivity index (χ2v) is 11.1. The zero-order valence-electron chi connectivity index (χ0n) is 23.5. The van der Waals surface area contributed by atoms with Gasteiger partial charge >= 0.3 is 12.1 Å². The lowest BCUT2D eigenvalue weighted by molar-refractivity contribution is -0.174. The minimum absolute atomic E-state index is 0.242. The molecule has 41 heavy (non-hydrogen) atoms. The third-order valence-electron chi connectivity index (χ3n) is 8.13. The van der Waals surface area contributed by atoms with Gasteiger partial charge in [-0.05, 0) is 29.1 Å². The van der Waals surface area contributed by atoms with Gasteiger partial charge in [0.05, 0.1) is 24.3 Å². The van der Waals surface area contributed by atoms with Gasteiger partial charge in [0.1, 0.15) is 11.7 Å². The number of alkyl halides is 3. The molecule has 2 N–H and O–H groups in total. The Kier molecular flexibility index (Phi) is 9.64. The number of halogens is 3. The molecule has 1 unspecified atom stereocenters. The molecule has 1 aliphatic heterocycles. The van der Waals surface area contributed by atoms with Gasteiger partial charge in [0.25, 0.3) is 0 Å². The molecule has 2 aromatic rings. The van der Waals surface area contributed by atoms with Gasteiger partial charge in [-0.2, -0.15) is 23.5 Å². The molecule has 1 saturated heterocycles. The number of aromatic nitrogens is 3. The number of hydrogen-bond donors (Lipinski definition) is 2. The smallest absolute Gasteiger partial charge is 0.341 e. The zero-order chi connectivity index (χ0) is 30.5. The molecule has 3 atom stereocenters. The predicted molar refractivity (Wildman–Crippen MR) is 143 cm³/mol. The molecule has 13 heteroatoms. The van der Waals surface area contributed by atoms with Crippen molar-refractivity contribution in [2.75, 3.05) is 19.6 Å². The predicted octanol–water partition coefficient (Wildman–Crippen LogP) is 2.85. The van der Waals surface area contributed by atoms with E-state index in [2.05, 4.69) is 42.1 Å². The van der Waals surface area contributed by atoms with E-state index in [1.54, 1.807) is 23.2 Å². The molecule has 0 aromatic carbocycles. The van der Waals surface area contributed by atoms with Crippen LogP contribution in [0.25, 0.3) is 10.9 Å². The number of nitrogens with zero attached hydrogens (tertiary/aromatic N) is 5. The number of amides is 3. The maximum atomic E-state index is 11.9. The number of pyridine rings is 1. The van der Waals surface area contributed by atoms with Crippen molar-refractivity contribution >= 4 is 29.1 Å². The molecule has 5 rings (SSSR count). The summed E-state index contributed by atoms with van der Waals surface area (Å²) in [5, 5.41) is 17.9. The second-order valence-electron chi connectivity index (χ2n) is 11.1. The third-order valence-corrected chi connectivity index (χ3v) is 8.13. The number of fused-ring (bicyclic) bond motifs is 2. The van der Waals surface area contributed by atoms with E-state index in [1.807, 2.05) is 6.07 Å². The average Bonchev–Trinajstić information content (AvgIpc) is 3.28. The van der Waals surface area contributed by atoms with Crippen molar-refractivity contribution in [3.05, 3.63) is 23.7 Å². The van der Waals surface area contributed by atoms with E-state index in [0.717, 1.165) is 5.92 Å². The summed E-state index contributed by atoms with van der Waals surface area (Å²) in [5.41, 5.74) is 1.93. The fraction of sp³-hybridized carbons (Fsp3) is 0.571. The first-order chi connectivity index (χ1) is 19.3. The van der Waals surface area contributed by atoms with Crippen LogP contribution in [0, 0.1) is 46.8 Å². The lowest BCUT2D eigenvalue weighted by atomic mass is 9.88. The summed E-state index contributed by atoms with van der Waals surface area (Å²) in [6.45, 7) is 7.13. The van der Waals surface area contributed by atoms with Crippen LogP contribution in [0.5, 0.6) is 0 Å². The number of rotatable bonds is 5. The Labute approximate surface area is 236 Å². The lowest BCUT2D eigenvalue weighted by Gasteiger charge is -2.22. The Bertz CT molecular complexity index is 1350. The number of aryl methyl sites for hydroxylation is 1. The number of terminal acetylenes is 1. The molecule has 10 nitrogen and oxygen atoms in total. The Balaban J connectivity index is 0.000000193. The molecular formula is C28H34F3N7O3. The standard InChI is InChI=1S/C12H9N5O.C11H15F3N2O2.C5H10/c1-3-9-12-8(10(4-13)15-7-18)5-14-6-11(12)17(2)16-9;1-10(2)6-4-16(5-7(6)10)8(17)3-15-9(18)11(12,13)14;1-5-3-2-4-5/h1,5-7,10H,2H3,(H,15,18);6-7H,3-5H2,1-2H3,(H,15,18);5H,2-4H2,1H3/t;6-,7+;. The molecule has 220 valence electrons. The minimum atomic E-state index is -4.94. The van der Waals surface area contributed by atoms with E-state index in [9.17, 15) is 27.6 Å². The van der Waals surface area contributed by atoms with Crippen molar-refractivity contribution in [1.82, 2.24) is 30.3 Å². The van der Waals surface area contributed by atoms with Crippen LogP contribution in [-0.2, 0) is 21.4 Å². The van der Waals surface area contributed by atoms with Crippen molar-refractivity contribution in [1.29, 1.82) is 5.26 Å². The molecule has 3 heterocycles. The minimum Gasteiger partial charge on any atom is -0.341 e. The number of nitriles is 1. The first-order valence-electron chi connectivity index (χ1n) is 13.3. The van der Waals surface area contributed by atoms with E-state index in [4.69, 9.17) is 11.7 Å². The van der Waals surface area contributed by atoms with Gasteiger partial charge in [0, 0.05) is 37.3 Å². The highest BCUT2D eigenvalue weighted by atomic mass is 19.4. The van der Waals surface area contributed by atoms with Crippen LogP contribution < -0.4 is 10.6 Å². The van der Waals surface area contributed by atoms with Gasteiger partial charge in [-0.15, -0.1) is 6.42 Å². The summed E-state index contributed by atoms with van der Waals surface area (Å²) in [7, 11) is 1.74. The van der Waals surface area contributed by atoms with E-state index in [0.29, 0.717) is 53.5 Å². The fourth-order valence-corrected chi connectivity index (χ4v) is 5.12. The molecule has 3 fully saturated rings. The van der Waals surface area contributed by atoms with Gasteiger partial charge in [0.15, 0.2) is 0 Å². The van der Waals surface area contributed by atoms with Crippen LogP contribution in [0.15, 0.2) is 12.4 Å². The molecule has 0 radical (unpaired) electrons. The molecule has 0 bridgehead atoms. The quantitative estimate of drug-likeness (QED) is 0.418. The van der Waals surface area contributed by atoms with Crippen molar-refractivity contribution in [2.45, 2.75) is 52.3 Å². The first kappa shape index (κ1) is 31.4. The molecular weight excluding hydrogens is 539 g/mol. The summed E-state index contributed by atoms with van der Waals surface area (Å²) < 4.78 is 37.3. The highest BCUT2D eigenvalue weighted by Crippen LogP contribution is 2.61. The maximum absolute atomic E-state index is 11.9. The number of hydrogen-bond acceptors (Lipinski definition) is 6. The van der Waals surface area contributed by atoms with E-state index in [1.165, 1.54) is 30.4 Å². The summed E-state index contributed by atoms with van der Waals surface area (Å²) in [6, 6.07) is 1.19. The first-order valence-corrected chi connectivity index (χ1v) is 13.3. The molecule has 3 amide bonds. The van der Waals surface area contributed by atoms with E-state index < -0.39 is 30.6 Å². The average molecular weight is 574 g/mol. The largest absolute Gasteiger partial charge is 0.471 e.